The molecule has 0 spiro atoms. The molecule has 2 nitrogen and oxygen atoms in total. The third kappa shape index (κ3) is 1.50. The first kappa shape index (κ1) is 11.7. The van der Waals surface area contributed by atoms with Gasteiger partial charge in [0, 0.05) is 11.9 Å². The summed E-state index contributed by atoms with van der Waals surface area (Å²) in [5.41, 5.74) is -1.12. The highest BCUT2D eigenvalue weighted by Crippen LogP contribution is 2.56. The number of imidazole rings is 1. The average molecular weight is 250 g/mol. The van der Waals surface area contributed by atoms with Crippen molar-refractivity contribution in [2.24, 2.45) is 0 Å². The molecule has 1 saturated carbocycles. The molecule has 0 aliphatic heterocycles. The van der Waals surface area contributed by atoms with Gasteiger partial charge in [-0.05, 0) is 31.0 Å². The second-order valence-corrected chi connectivity index (χ2v) is 4.92. The number of aromatic nitrogens is 2. The lowest BCUT2D eigenvalue weighted by atomic mass is 10.1. The second kappa shape index (κ2) is 3.35. The molecule has 0 bridgehead atoms. The minimum atomic E-state index is -4.23. The fourth-order valence-corrected chi connectivity index (χ4v) is 2.34. The third-order valence-electron chi connectivity index (χ3n) is 3.08. The van der Waals surface area contributed by atoms with Crippen LogP contribution in [-0.2, 0) is 5.54 Å². The van der Waals surface area contributed by atoms with E-state index in [0.717, 1.165) is 0 Å². The van der Waals surface area contributed by atoms with Crippen LogP contribution in [0.1, 0.15) is 38.3 Å². The van der Waals surface area contributed by atoms with E-state index in [1.54, 1.807) is 6.20 Å². The molecular formula is C10H13F3N2S. The highest BCUT2D eigenvalue weighted by molar-refractivity contribution is 7.71. The van der Waals surface area contributed by atoms with E-state index in [2.05, 4.69) is 4.98 Å². The van der Waals surface area contributed by atoms with Crippen molar-refractivity contribution in [3.05, 3.63) is 16.7 Å². The number of nitrogens with zero attached hydrogens (tertiary/aromatic N) is 1. The first-order valence-electron chi connectivity index (χ1n) is 5.17. The molecule has 1 aromatic rings. The lowest BCUT2D eigenvalue weighted by molar-refractivity contribution is -0.180. The van der Waals surface area contributed by atoms with Gasteiger partial charge >= 0.3 is 6.18 Å². The number of rotatable bonds is 2. The van der Waals surface area contributed by atoms with Crippen molar-refractivity contribution in [1.29, 1.82) is 0 Å². The van der Waals surface area contributed by atoms with Crippen LogP contribution in [-0.4, -0.2) is 15.7 Å². The molecule has 90 valence electrons. The van der Waals surface area contributed by atoms with E-state index in [-0.39, 0.29) is 23.5 Å². The number of hydrogen-bond acceptors (Lipinski definition) is 1. The summed E-state index contributed by atoms with van der Waals surface area (Å²) in [6.45, 7) is 3.72. The fourth-order valence-electron chi connectivity index (χ4n) is 2.00. The van der Waals surface area contributed by atoms with Gasteiger partial charge in [0.15, 0.2) is 4.77 Å². The Hall–Kier alpha value is -0.780. The molecule has 1 aromatic heterocycles. The number of hydrogen-bond donors (Lipinski definition) is 1. The SMILES string of the molecule is CC(C)c1c[nH]c(=S)n1C1(C(F)(F)F)CC1. The van der Waals surface area contributed by atoms with Crippen LogP contribution in [0.5, 0.6) is 0 Å². The monoisotopic (exact) mass is 250 g/mol. The van der Waals surface area contributed by atoms with Gasteiger partial charge in [-0.25, -0.2) is 0 Å². The van der Waals surface area contributed by atoms with Crippen molar-refractivity contribution in [3.8, 4) is 0 Å². The summed E-state index contributed by atoms with van der Waals surface area (Å²) in [5, 5.41) is 0. The normalized spacial score (nSPS) is 19.1. The first-order valence-corrected chi connectivity index (χ1v) is 5.58. The second-order valence-electron chi connectivity index (χ2n) is 4.54. The van der Waals surface area contributed by atoms with Gasteiger partial charge in [0.2, 0.25) is 0 Å². The zero-order chi connectivity index (χ0) is 12.1. The molecule has 0 saturated heterocycles. The predicted molar refractivity (Wildman–Crippen MR) is 57.0 cm³/mol. The summed E-state index contributed by atoms with van der Waals surface area (Å²) in [6.07, 6.45) is -2.39. The van der Waals surface area contributed by atoms with E-state index >= 15 is 0 Å². The van der Waals surface area contributed by atoms with Crippen LogP contribution in [0.2, 0.25) is 0 Å². The number of H-pyrrole nitrogens is 1. The molecule has 0 atom stereocenters. The van der Waals surface area contributed by atoms with Crippen molar-refractivity contribution in [3.63, 3.8) is 0 Å². The standard InChI is InChI=1S/C10H13F3N2S/c1-6(2)7-5-14-8(16)15(7)9(3-4-9)10(11,12)13/h5-6H,3-4H2,1-2H3,(H,14,16). The van der Waals surface area contributed by atoms with Crippen LogP contribution in [0, 0.1) is 4.77 Å². The topological polar surface area (TPSA) is 20.7 Å². The lowest BCUT2D eigenvalue weighted by Crippen LogP contribution is -2.36. The molecule has 1 N–H and O–H groups in total. The molecule has 1 fully saturated rings. The van der Waals surface area contributed by atoms with Crippen LogP contribution in [0.4, 0.5) is 13.2 Å². The van der Waals surface area contributed by atoms with Gasteiger partial charge in [-0.3, -0.25) is 0 Å². The summed E-state index contributed by atoms with van der Waals surface area (Å²) in [5.74, 6) is 0.0211. The molecular weight excluding hydrogens is 237 g/mol. The van der Waals surface area contributed by atoms with Gasteiger partial charge in [-0.15, -0.1) is 0 Å². The van der Waals surface area contributed by atoms with Crippen LogP contribution in [0.3, 0.4) is 0 Å². The fraction of sp³-hybridized carbons (Fsp3) is 0.700. The largest absolute Gasteiger partial charge is 0.412 e. The van der Waals surface area contributed by atoms with Crippen molar-refractivity contribution in [2.45, 2.75) is 44.3 Å². The summed E-state index contributed by atoms with van der Waals surface area (Å²) in [6, 6.07) is 0. The lowest BCUT2D eigenvalue weighted by Gasteiger charge is -2.24. The van der Waals surface area contributed by atoms with Gasteiger partial charge in [0.05, 0.1) is 0 Å². The molecule has 1 aliphatic carbocycles. The summed E-state index contributed by atoms with van der Waals surface area (Å²) in [4.78, 5) is 2.71. The quantitative estimate of drug-likeness (QED) is 0.793. The molecule has 2 rings (SSSR count). The molecule has 0 radical (unpaired) electrons. The van der Waals surface area contributed by atoms with Gasteiger partial charge in [-0.2, -0.15) is 13.2 Å². The highest BCUT2D eigenvalue weighted by atomic mass is 32.1. The highest BCUT2D eigenvalue weighted by Gasteiger charge is 2.65. The Balaban J connectivity index is 2.57. The van der Waals surface area contributed by atoms with Gasteiger partial charge in [0.1, 0.15) is 5.54 Å². The van der Waals surface area contributed by atoms with Crippen molar-refractivity contribution in [1.82, 2.24) is 9.55 Å². The minimum Gasteiger partial charge on any atom is -0.337 e. The molecule has 1 heterocycles. The predicted octanol–water partition coefficient (Wildman–Crippen LogP) is 3.72. The van der Waals surface area contributed by atoms with Gasteiger partial charge < -0.3 is 9.55 Å². The summed E-state index contributed by atoms with van der Waals surface area (Å²) < 4.78 is 40.4. The van der Waals surface area contributed by atoms with Crippen LogP contribution < -0.4 is 0 Å². The van der Waals surface area contributed by atoms with E-state index in [9.17, 15) is 13.2 Å². The molecule has 6 heteroatoms. The van der Waals surface area contributed by atoms with Crippen LogP contribution >= 0.6 is 12.2 Å². The minimum absolute atomic E-state index is 0.0211. The molecule has 1 aliphatic rings. The maximum atomic E-state index is 13.0. The third-order valence-corrected chi connectivity index (χ3v) is 3.38. The Bertz CT molecular complexity index is 451. The van der Waals surface area contributed by atoms with Crippen molar-refractivity contribution >= 4 is 12.2 Å². The van der Waals surface area contributed by atoms with Crippen molar-refractivity contribution in [2.75, 3.05) is 0 Å². The Labute approximate surface area is 96.5 Å². The Morgan fingerprint density at radius 3 is 2.38 bits per heavy atom. The molecule has 0 aromatic carbocycles. The maximum Gasteiger partial charge on any atom is 0.412 e. The first-order chi connectivity index (χ1) is 7.29. The van der Waals surface area contributed by atoms with E-state index < -0.39 is 11.7 Å². The van der Waals surface area contributed by atoms with E-state index in [1.807, 2.05) is 13.8 Å². The van der Waals surface area contributed by atoms with Gasteiger partial charge in [-0.1, -0.05) is 13.8 Å². The van der Waals surface area contributed by atoms with Crippen molar-refractivity contribution < 1.29 is 13.2 Å². The van der Waals surface area contributed by atoms with Gasteiger partial charge in [0.25, 0.3) is 0 Å². The number of nitrogens with one attached hydrogen (secondary N) is 1. The van der Waals surface area contributed by atoms with E-state index in [0.29, 0.717) is 5.69 Å². The molecule has 0 amide bonds. The average Bonchev–Trinajstić information content (AvgIpc) is 2.84. The Morgan fingerprint density at radius 2 is 2.00 bits per heavy atom. The number of aromatic amines is 1. The maximum absolute atomic E-state index is 13.0. The summed E-state index contributed by atoms with van der Waals surface area (Å²) in [7, 11) is 0. The number of halogens is 3. The zero-order valence-electron chi connectivity index (χ0n) is 9.06. The van der Waals surface area contributed by atoms with E-state index in [4.69, 9.17) is 12.2 Å². The van der Waals surface area contributed by atoms with Crippen LogP contribution in [0.25, 0.3) is 0 Å². The molecule has 16 heavy (non-hydrogen) atoms. The zero-order valence-corrected chi connectivity index (χ0v) is 9.87. The molecule has 0 unspecified atom stereocenters. The summed E-state index contributed by atoms with van der Waals surface area (Å²) >= 11 is 4.96. The smallest absolute Gasteiger partial charge is 0.337 e. The van der Waals surface area contributed by atoms with Crippen LogP contribution in [0.15, 0.2) is 6.20 Å². The number of alkyl halides is 3. The Kier molecular flexibility index (Phi) is 2.45. The van der Waals surface area contributed by atoms with E-state index in [1.165, 1.54) is 4.57 Å². The Morgan fingerprint density at radius 1 is 1.44 bits per heavy atom.